The van der Waals surface area contributed by atoms with Gasteiger partial charge in [-0.25, -0.2) is 0 Å². The van der Waals surface area contributed by atoms with Crippen molar-refractivity contribution in [3.05, 3.63) is 35.1 Å². The predicted molar refractivity (Wildman–Crippen MR) is 74.8 cm³/mol. The van der Waals surface area contributed by atoms with Gasteiger partial charge in [-0.05, 0) is 34.8 Å². The number of carboxylic acid groups (broad SMARTS) is 1. The fourth-order valence-electron chi connectivity index (χ4n) is 2.77. The largest absolute Gasteiger partial charge is 0.512 e. The number of carbonyl (C=O) groups is 1. The molecule has 0 saturated carbocycles. The number of aliphatic hydroxyl groups is 1. The van der Waals surface area contributed by atoms with E-state index in [4.69, 9.17) is 5.73 Å². The van der Waals surface area contributed by atoms with Gasteiger partial charge in [0.2, 0.25) is 0 Å². The molecule has 1 aliphatic carbocycles. The standard InChI is InChI=1S/C15H19NO3/c1-15(2,3)13(14(18)19)12-10-7-9(16)5-4-8(10)6-11(12)17/h4-7,12-13,17H,16H2,1-3H3,(H,18,19). The first-order valence-corrected chi connectivity index (χ1v) is 6.24. The number of hydrogen-bond acceptors (Lipinski definition) is 3. The summed E-state index contributed by atoms with van der Waals surface area (Å²) in [6.45, 7) is 5.59. The summed E-state index contributed by atoms with van der Waals surface area (Å²) in [6, 6.07) is 5.31. The molecular formula is C15H19NO3. The molecule has 0 radical (unpaired) electrons. The molecule has 0 heterocycles. The summed E-state index contributed by atoms with van der Waals surface area (Å²) >= 11 is 0. The van der Waals surface area contributed by atoms with Gasteiger partial charge in [0, 0.05) is 5.69 Å². The highest BCUT2D eigenvalue weighted by molar-refractivity contribution is 5.77. The van der Waals surface area contributed by atoms with Crippen molar-refractivity contribution in [3.8, 4) is 0 Å². The van der Waals surface area contributed by atoms with Crippen LogP contribution in [0.5, 0.6) is 0 Å². The number of benzene rings is 1. The summed E-state index contributed by atoms with van der Waals surface area (Å²) in [7, 11) is 0. The Labute approximate surface area is 112 Å². The molecule has 4 heteroatoms. The lowest BCUT2D eigenvalue weighted by Gasteiger charge is -2.32. The summed E-state index contributed by atoms with van der Waals surface area (Å²) in [6.07, 6.45) is 1.63. The predicted octanol–water partition coefficient (Wildman–Crippen LogP) is 3.01. The Hall–Kier alpha value is -1.97. The fourth-order valence-corrected chi connectivity index (χ4v) is 2.77. The van der Waals surface area contributed by atoms with Crippen molar-refractivity contribution >= 4 is 17.7 Å². The number of aliphatic carboxylic acids is 1. The smallest absolute Gasteiger partial charge is 0.308 e. The van der Waals surface area contributed by atoms with Crippen LogP contribution in [0.3, 0.4) is 0 Å². The Balaban J connectivity index is 2.54. The van der Waals surface area contributed by atoms with E-state index in [1.165, 1.54) is 0 Å². The topological polar surface area (TPSA) is 83.5 Å². The third kappa shape index (κ3) is 2.30. The lowest BCUT2D eigenvalue weighted by Crippen LogP contribution is -2.34. The fraction of sp³-hybridized carbons (Fsp3) is 0.400. The first-order chi connectivity index (χ1) is 8.71. The number of nitrogen functional groups attached to an aromatic ring is 1. The highest BCUT2D eigenvalue weighted by Gasteiger charge is 2.43. The molecular weight excluding hydrogens is 242 g/mol. The minimum absolute atomic E-state index is 0.0999. The quantitative estimate of drug-likeness (QED) is 0.714. The highest BCUT2D eigenvalue weighted by Crippen LogP contribution is 2.47. The molecule has 0 bridgehead atoms. The average Bonchev–Trinajstić information content (AvgIpc) is 2.54. The monoisotopic (exact) mass is 261 g/mol. The second-order valence-corrected chi connectivity index (χ2v) is 6.12. The first-order valence-electron chi connectivity index (χ1n) is 6.24. The van der Waals surface area contributed by atoms with Gasteiger partial charge in [-0.2, -0.15) is 0 Å². The molecule has 0 spiro atoms. The van der Waals surface area contributed by atoms with Crippen molar-refractivity contribution in [2.45, 2.75) is 26.7 Å². The number of rotatable bonds is 2. The van der Waals surface area contributed by atoms with Crippen LogP contribution in [-0.4, -0.2) is 16.2 Å². The molecule has 1 aliphatic rings. The van der Waals surface area contributed by atoms with E-state index < -0.39 is 23.2 Å². The SMILES string of the molecule is CC(C)(C)C(C(=O)O)C1C(O)=Cc2ccc(N)cc21. The summed E-state index contributed by atoms with van der Waals surface area (Å²) in [5.74, 6) is -2.04. The van der Waals surface area contributed by atoms with E-state index in [1.807, 2.05) is 26.8 Å². The number of anilines is 1. The summed E-state index contributed by atoms with van der Waals surface area (Å²) in [4.78, 5) is 11.6. The molecule has 102 valence electrons. The Morgan fingerprint density at radius 3 is 2.53 bits per heavy atom. The molecule has 2 unspecified atom stereocenters. The zero-order chi connectivity index (χ0) is 14.4. The number of fused-ring (bicyclic) bond motifs is 1. The number of hydrogen-bond donors (Lipinski definition) is 3. The van der Waals surface area contributed by atoms with Crippen molar-refractivity contribution in [3.63, 3.8) is 0 Å². The molecule has 4 N–H and O–H groups in total. The number of aliphatic hydroxyl groups excluding tert-OH is 1. The third-order valence-corrected chi connectivity index (χ3v) is 3.60. The zero-order valence-corrected chi connectivity index (χ0v) is 11.3. The van der Waals surface area contributed by atoms with Gasteiger partial charge in [0.25, 0.3) is 0 Å². The maximum atomic E-state index is 11.6. The lowest BCUT2D eigenvalue weighted by atomic mass is 9.71. The van der Waals surface area contributed by atoms with E-state index in [0.717, 1.165) is 11.1 Å². The first kappa shape index (κ1) is 13.5. The van der Waals surface area contributed by atoms with E-state index in [0.29, 0.717) is 5.69 Å². The van der Waals surface area contributed by atoms with Crippen LogP contribution in [-0.2, 0) is 4.79 Å². The Kier molecular flexibility index (Phi) is 3.04. The molecule has 1 aromatic carbocycles. The van der Waals surface area contributed by atoms with Gasteiger partial charge >= 0.3 is 5.97 Å². The van der Waals surface area contributed by atoms with Crippen molar-refractivity contribution in [2.24, 2.45) is 11.3 Å². The van der Waals surface area contributed by atoms with Gasteiger partial charge in [-0.15, -0.1) is 0 Å². The van der Waals surface area contributed by atoms with Crippen molar-refractivity contribution in [2.75, 3.05) is 5.73 Å². The summed E-state index contributed by atoms with van der Waals surface area (Å²) in [5, 5.41) is 19.7. The highest BCUT2D eigenvalue weighted by atomic mass is 16.4. The van der Waals surface area contributed by atoms with Crippen molar-refractivity contribution in [1.82, 2.24) is 0 Å². The minimum Gasteiger partial charge on any atom is -0.512 e. The minimum atomic E-state index is -0.910. The van der Waals surface area contributed by atoms with Gasteiger partial charge in [0.05, 0.1) is 11.8 Å². The second kappa shape index (κ2) is 4.30. The molecule has 19 heavy (non-hydrogen) atoms. The van der Waals surface area contributed by atoms with E-state index >= 15 is 0 Å². The maximum absolute atomic E-state index is 11.6. The third-order valence-electron chi connectivity index (χ3n) is 3.60. The van der Waals surface area contributed by atoms with E-state index in [1.54, 1.807) is 18.2 Å². The van der Waals surface area contributed by atoms with Crippen LogP contribution in [0.4, 0.5) is 5.69 Å². The number of allylic oxidation sites excluding steroid dienone is 1. The molecule has 2 rings (SSSR count). The Bertz CT molecular complexity index is 555. The molecule has 0 fully saturated rings. The molecule has 0 saturated heterocycles. The van der Waals surface area contributed by atoms with Crippen LogP contribution < -0.4 is 5.73 Å². The van der Waals surface area contributed by atoms with Crippen LogP contribution in [0, 0.1) is 11.3 Å². The molecule has 0 aliphatic heterocycles. The van der Waals surface area contributed by atoms with Gasteiger partial charge in [-0.1, -0.05) is 26.8 Å². The molecule has 2 atom stereocenters. The van der Waals surface area contributed by atoms with Crippen molar-refractivity contribution in [1.29, 1.82) is 0 Å². The number of nitrogens with two attached hydrogens (primary N) is 1. The van der Waals surface area contributed by atoms with Gasteiger partial charge < -0.3 is 15.9 Å². The van der Waals surface area contributed by atoms with E-state index in [2.05, 4.69) is 0 Å². The van der Waals surface area contributed by atoms with Crippen LogP contribution in [0.1, 0.15) is 37.8 Å². The Morgan fingerprint density at radius 1 is 1.37 bits per heavy atom. The van der Waals surface area contributed by atoms with E-state index in [-0.39, 0.29) is 5.76 Å². The summed E-state index contributed by atoms with van der Waals surface area (Å²) < 4.78 is 0. The molecule has 0 amide bonds. The average molecular weight is 261 g/mol. The Morgan fingerprint density at radius 2 is 2.00 bits per heavy atom. The lowest BCUT2D eigenvalue weighted by molar-refractivity contribution is -0.146. The zero-order valence-electron chi connectivity index (χ0n) is 11.3. The van der Waals surface area contributed by atoms with Gasteiger partial charge in [0.15, 0.2) is 0 Å². The van der Waals surface area contributed by atoms with Crippen LogP contribution in [0.25, 0.3) is 6.08 Å². The second-order valence-electron chi connectivity index (χ2n) is 6.12. The van der Waals surface area contributed by atoms with Gasteiger partial charge in [-0.3, -0.25) is 4.79 Å². The molecule has 4 nitrogen and oxygen atoms in total. The van der Waals surface area contributed by atoms with Crippen LogP contribution >= 0.6 is 0 Å². The van der Waals surface area contributed by atoms with Crippen LogP contribution in [0.15, 0.2) is 24.0 Å². The number of carboxylic acids is 1. The molecule has 1 aromatic rings. The van der Waals surface area contributed by atoms with Crippen molar-refractivity contribution < 1.29 is 15.0 Å². The maximum Gasteiger partial charge on any atom is 0.308 e. The van der Waals surface area contributed by atoms with E-state index in [9.17, 15) is 15.0 Å². The molecule has 0 aromatic heterocycles. The van der Waals surface area contributed by atoms with Crippen LogP contribution in [0.2, 0.25) is 0 Å². The normalized spacial score (nSPS) is 19.7. The summed E-state index contributed by atoms with van der Waals surface area (Å²) in [5.41, 5.74) is 7.51. The van der Waals surface area contributed by atoms with Gasteiger partial charge in [0.1, 0.15) is 5.76 Å².